The SMILES string of the molecule is CN=C(NCC1(N2CCSCC2)CCCCC1)N1CCOC(c2cnn(C)c2)C1. The highest BCUT2D eigenvalue weighted by Crippen LogP contribution is 2.35. The second-order valence-corrected chi connectivity index (χ2v) is 9.76. The largest absolute Gasteiger partial charge is 0.370 e. The molecule has 1 unspecified atom stereocenters. The fraction of sp³-hybridized carbons (Fsp3) is 0.810. The average molecular weight is 421 g/mol. The summed E-state index contributed by atoms with van der Waals surface area (Å²) in [6.45, 7) is 5.87. The van der Waals surface area contributed by atoms with Gasteiger partial charge in [0.1, 0.15) is 6.10 Å². The summed E-state index contributed by atoms with van der Waals surface area (Å²) < 4.78 is 7.87. The van der Waals surface area contributed by atoms with Crippen LogP contribution in [0.3, 0.4) is 0 Å². The molecule has 1 aromatic rings. The molecule has 0 amide bonds. The third kappa shape index (κ3) is 4.91. The molecule has 1 N–H and O–H groups in total. The van der Waals surface area contributed by atoms with Crippen LogP contribution in [-0.4, -0.2) is 89.0 Å². The molecule has 4 rings (SSSR count). The Labute approximate surface area is 179 Å². The lowest BCUT2D eigenvalue weighted by molar-refractivity contribution is -0.00866. The Bertz CT molecular complexity index is 680. The van der Waals surface area contributed by atoms with Crippen LogP contribution in [0, 0.1) is 0 Å². The Morgan fingerprint density at radius 3 is 2.76 bits per heavy atom. The number of thioether (sulfide) groups is 1. The Morgan fingerprint density at radius 1 is 1.28 bits per heavy atom. The molecule has 1 atom stereocenters. The lowest BCUT2D eigenvalue weighted by Gasteiger charge is -2.48. The van der Waals surface area contributed by atoms with E-state index < -0.39 is 0 Å². The van der Waals surface area contributed by atoms with E-state index in [1.165, 1.54) is 56.7 Å². The summed E-state index contributed by atoms with van der Waals surface area (Å²) in [5.41, 5.74) is 1.44. The average Bonchev–Trinajstić information content (AvgIpc) is 3.22. The highest BCUT2D eigenvalue weighted by Gasteiger charge is 2.39. The molecule has 0 radical (unpaired) electrons. The molecular weight excluding hydrogens is 384 g/mol. The lowest BCUT2D eigenvalue weighted by Crippen LogP contribution is -2.60. The molecular formula is C21H36N6OS. The first-order valence-corrected chi connectivity index (χ1v) is 12.2. The predicted octanol–water partition coefficient (Wildman–Crippen LogP) is 2.12. The number of aromatic nitrogens is 2. The van der Waals surface area contributed by atoms with Crippen molar-refractivity contribution in [3.05, 3.63) is 18.0 Å². The van der Waals surface area contributed by atoms with E-state index in [9.17, 15) is 0 Å². The maximum Gasteiger partial charge on any atom is 0.193 e. The van der Waals surface area contributed by atoms with E-state index in [0.29, 0.717) is 5.54 Å². The van der Waals surface area contributed by atoms with E-state index in [0.717, 1.165) is 37.8 Å². The molecule has 3 fully saturated rings. The summed E-state index contributed by atoms with van der Waals surface area (Å²) in [4.78, 5) is 9.77. The van der Waals surface area contributed by atoms with Crippen LogP contribution in [0.1, 0.15) is 43.8 Å². The number of nitrogens with zero attached hydrogens (tertiary/aromatic N) is 5. The van der Waals surface area contributed by atoms with E-state index in [1.54, 1.807) is 0 Å². The molecule has 162 valence electrons. The van der Waals surface area contributed by atoms with Crippen molar-refractivity contribution < 1.29 is 4.74 Å². The van der Waals surface area contributed by atoms with Crippen LogP contribution in [0.2, 0.25) is 0 Å². The van der Waals surface area contributed by atoms with Gasteiger partial charge in [-0.05, 0) is 12.8 Å². The van der Waals surface area contributed by atoms with Crippen molar-refractivity contribution in [2.24, 2.45) is 12.0 Å². The second kappa shape index (κ2) is 9.71. The summed E-state index contributed by atoms with van der Waals surface area (Å²) in [6.07, 6.45) is 10.7. The molecule has 1 aliphatic carbocycles. The molecule has 3 heterocycles. The maximum atomic E-state index is 6.02. The summed E-state index contributed by atoms with van der Waals surface area (Å²) in [7, 11) is 3.86. The first kappa shape index (κ1) is 21.0. The number of aliphatic imine (C=N–C) groups is 1. The molecule has 29 heavy (non-hydrogen) atoms. The normalized spacial score (nSPS) is 26.5. The smallest absolute Gasteiger partial charge is 0.193 e. The fourth-order valence-corrected chi connectivity index (χ4v) is 5.98. The zero-order valence-electron chi connectivity index (χ0n) is 18.0. The van der Waals surface area contributed by atoms with Gasteiger partial charge in [-0.1, -0.05) is 19.3 Å². The minimum absolute atomic E-state index is 0.0544. The summed E-state index contributed by atoms with van der Waals surface area (Å²) in [6, 6.07) is 0. The van der Waals surface area contributed by atoms with Crippen molar-refractivity contribution in [2.45, 2.75) is 43.7 Å². The molecule has 1 saturated carbocycles. The molecule has 3 aliphatic rings. The van der Waals surface area contributed by atoms with E-state index in [1.807, 2.05) is 25.0 Å². The number of ether oxygens (including phenoxy) is 1. The molecule has 0 aromatic carbocycles. The summed E-state index contributed by atoms with van der Waals surface area (Å²) in [5.74, 6) is 3.55. The van der Waals surface area contributed by atoms with Crippen LogP contribution in [0.25, 0.3) is 0 Å². The molecule has 1 aromatic heterocycles. The zero-order chi connectivity index (χ0) is 20.1. The van der Waals surface area contributed by atoms with Crippen LogP contribution < -0.4 is 5.32 Å². The van der Waals surface area contributed by atoms with Gasteiger partial charge in [0.05, 0.1) is 19.3 Å². The maximum absolute atomic E-state index is 6.02. The lowest BCUT2D eigenvalue weighted by atomic mass is 9.80. The fourth-order valence-electron chi connectivity index (χ4n) is 5.08. The van der Waals surface area contributed by atoms with Gasteiger partial charge >= 0.3 is 0 Å². The summed E-state index contributed by atoms with van der Waals surface area (Å²) in [5, 5.41) is 8.08. The quantitative estimate of drug-likeness (QED) is 0.595. The van der Waals surface area contributed by atoms with Crippen LogP contribution in [0.15, 0.2) is 17.4 Å². The van der Waals surface area contributed by atoms with E-state index in [2.05, 4.69) is 43.2 Å². The standard InChI is InChI=1S/C21H36N6OS/c1-22-20(26-8-11-28-19(16-26)18-14-24-25(2)15-18)23-17-21(6-4-3-5-7-21)27-9-12-29-13-10-27/h14-15,19H,3-13,16-17H2,1-2H3,(H,22,23). The minimum atomic E-state index is 0.0544. The minimum Gasteiger partial charge on any atom is -0.370 e. The van der Waals surface area contributed by atoms with Gasteiger partial charge in [0.25, 0.3) is 0 Å². The first-order valence-electron chi connectivity index (χ1n) is 11.1. The van der Waals surface area contributed by atoms with Crippen molar-refractivity contribution in [3.63, 3.8) is 0 Å². The number of rotatable bonds is 4. The van der Waals surface area contributed by atoms with Crippen molar-refractivity contribution in [1.82, 2.24) is 24.9 Å². The predicted molar refractivity (Wildman–Crippen MR) is 120 cm³/mol. The molecule has 8 heteroatoms. The van der Waals surface area contributed by atoms with Crippen molar-refractivity contribution >= 4 is 17.7 Å². The zero-order valence-corrected chi connectivity index (χ0v) is 18.8. The number of hydrogen-bond donors (Lipinski definition) is 1. The van der Waals surface area contributed by atoms with Crippen molar-refractivity contribution in [1.29, 1.82) is 0 Å². The number of guanidine groups is 1. The van der Waals surface area contributed by atoms with Gasteiger partial charge in [-0.2, -0.15) is 16.9 Å². The number of hydrogen-bond acceptors (Lipinski definition) is 5. The first-order chi connectivity index (χ1) is 14.2. The van der Waals surface area contributed by atoms with Gasteiger partial charge in [0.2, 0.25) is 0 Å². The van der Waals surface area contributed by atoms with Crippen LogP contribution in [0.4, 0.5) is 0 Å². The van der Waals surface area contributed by atoms with Gasteiger partial charge in [-0.3, -0.25) is 14.6 Å². The van der Waals surface area contributed by atoms with Crippen molar-refractivity contribution in [2.75, 3.05) is 57.9 Å². The van der Waals surface area contributed by atoms with E-state index in [-0.39, 0.29) is 6.10 Å². The van der Waals surface area contributed by atoms with Gasteiger partial charge in [0, 0.05) is 69.1 Å². The molecule has 7 nitrogen and oxygen atoms in total. The highest BCUT2D eigenvalue weighted by atomic mass is 32.2. The van der Waals surface area contributed by atoms with Gasteiger partial charge < -0.3 is 15.0 Å². The third-order valence-electron chi connectivity index (χ3n) is 6.72. The Kier molecular flexibility index (Phi) is 7.03. The third-order valence-corrected chi connectivity index (χ3v) is 7.66. The van der Waals surface area contributed by atoms with E-state index in [4.69, 9.17) is 4.74 Å². The summed E-state index contributed by atoms with van der Waals surface area (Å²) >= 11 is 2.10. The van der Waals surface area contributed by atoms with E-state index >= 15 is 0 Å². The molecule has 2 saturated heterocycles. The Hall–Kier alpha value is -1.25. The van der Waals surface area contributed by atoms with Gasteiger partial charge in [0.15, 0.2) is 5.96 Å². The van der Waals surface area contributed by atoms with Crippen LogP contribution in [-0.2, 0) is 11.8 Å². The van der Waals surface area contributed by atoms with Gasteiger partial charge in [-0.25, -0.2) is 0 Å². The number of morpholine rings is 1. The second-order valence-electron chi connectivity index (χ2n) is 8.54. The molecule has 0 bridgehead atoms. The topological polar surface area (TPSA) is 57.9 Å². The monoisotopic (exact) mass is 420 g/mol. The van der Waals surface area contributed by atoms with Crippen molar-refractivity contribution in [3.8, 4) is 0 Å². The highest BCUT2D eigenvalue weighted by molar-refractivity contribution is 7.99. The van der Waals surface area contributed by atoms with Gasteiger partial charge in [-0.15, -0.1) is 0 Å². The Balaban J connectivity index is 1.40. The van der Waals surface area contributed by atoms with Crippen LogP contribution >= 0.6 is 11.8 Å². The van der Waals surface area contributed by atoms with Crippen LogP contribution in [0.5, 0.6) is 0 Å². The number of nitrogens with one attached hydrogen (secondary N) is 1. The molecule has 2 aliphatic heterocycles. The number of aryl methyl sites for hydroxylation is 1. The molecule has 0 spiro atoms. The Morgan fingerprint density at radius 2 is 2.07 bits per heavy atom.